The van der Waals surface area contributed by atoms with Crippen LogP contribution in [0.1, 0.15) is 60.9 Å². The van der Waals surface area contributed by atoms with Crippen LogP contribution in [-0.2, 0) is 20.8 Å². The normalized spacial score (nSPS) is 19.6. The zero-order chi connectivity index (χ0) is 27.3. The molecular weight excluding hydrogens is 484 g/mol. The summed E-state index contributed by atoms with van der Waals surface area (Å²) in [6, 6.07) is 11.9. The van der Waals surface area contributed by atoms with Crippen LogP contribution in [0.15, 0.2) is 48.5 Å². The van der Waals surface area contributed by atoms with Gasteiger partial charge in [0.1, 0.15) is 18.1 Å². The third kappa shape index (κ3) is 4.12. The Hall–Kier alpha value is -4.14. The Morgan fingerprint density at radius 3 is 2.29 bits per heavy atom. The average Bonchev–Trinajstić information content (AvgIpc) is 3.40. The zero-order valence-corrected chi connectivity index (χ0v) is 21.8. The number of aromatic amines is 1. The van der Waals surface area contributed by atoms with E-state index in [1.54, 1.807) is 38.7 Å². The van der Waals surface area contributed by atoms with Gasteiger partial charge in [0.15, 0.2) is 0 Å². The van der Waals surface area contributed by atoms with Crippen molar-refractivity contribution < 1.29 is 24.3 Å². The maximum Gasteiger partial charge on any atom is 0.326 e. The number of H-pyrrole nitrogens is 1. The predicted molar refractivity (Wildman–Crippen MR) is 141 cm³/mol. The largest absolute Gasteiger partial charge is 0.480 e. The minimum atomic E-state index is -1.13. The third-order valence-electron chi connectivity index (χ3n) is 7.63. The molecule has 5 rings (SSSR count). The molecule has 3 amide bonds. The van der Waals surface area contributed by atoms with Crippen LogP contribution in [-0.4, -0.2) is 56.8 Å². The molecule has 4 atom stereocenters. The molecule has 0 radical (unpaired) electrons. The molecule has 9 heteroatoms. The SMILES string of the molecule is CC(C)[C@H](NC(=O)[C@@H](NC(=O)[C@@H]1Cc2c([nH]c3ccccc23)[C@H]2c3ccccc3C(=O)N21)C(C)C)C(=O)O. The summed E-state index contributed by atoms with van der Waals surface area (Å²) in [5, 5.41) is 15.9. The summed E-state index contributed by atoms with van der Waals surface area (Å²) >= 11 is 0. The van der Waals surface area contributed by atoms with Crippen molar-refractivity contribution in [2.24, 2.45) is 11.8 Å². The number of benzene rings is 2. The van der Waals surface area contributed by atoms with Gasteiger partial charge in [-0.05, 0) is 35.1 Å². The Kier molecular flexibility index (Phi) is 6.46. The fourth-order valence-electron chi connectivity index (χ4n) is 5.68. The van der Waals surface area contributed by atoms with Gasteiger partial charge in [-0.1, -0.05) is 64.1 Å². The highest BCUT2D eigenvalue weighted by Gasteiger charge is 2.49. The summed E-state index contributed by atoms with van der Waals surface area (Å²) in [6.45, 7) is 6.99. The first-order valence-corrected chi connectivity index (χ1v) is 12.9. The molecule has 0 bridgehead atoms. The zero-order valence-electron chi connectivity index (χ0n) is 21.8. The van der Waals surface area contributed by atoms with Crippen LogP contribution in [0.25, 0.3) is 10.9 Å². The molecule has 3 aromatic rings. The highest BCUT2D eigenvalue weighted by molar-refractivity contribution is 6.04. The molecule has 0 spiro atoms. The number of carbonyl (C=O) groups is 4. The molecule has 0 aliphatic carbocycles. The van der Waals surface area contributed by atoms with E-state index < -0.39 is 42.0 Å². The van der Waals surface area contributed by atoms with Crippen LogP contribution in [0, 0.1) is 11.8 Å². The van der Waals surface area contributed by atoms with Gasteiger partial charge in [0.05, 0.1) is 6.04 Å². The summed E-state index contributed by atoms with van der Waals surface area (Å²) in [4.78, 5) is 57.4. The first-order chi connectivity index (χ1) is 18.1. The van der Waals surface area contributed by atoms with Crippen molar-refractivity contribution in [3.8, 4) is 0 Å². The van der Waals surface area contributed by atoms with Crippen LogP contribution in [0.2, 0.25) is 0 Å². The molecule has 198 valence electrons. The van der Waals surface area contributed by atoms with Crippen LogP contribution < -0.4 is 10.6 Å². The number of carbonyl (C=O) groups excluding carboxylic acids is 3. The highest BCUT2D eigenvalue weighted by Crippen LogP contribution is 2.46. The molecule has 2 aromatic carbocycles. The fraction of sp³-hybridized carbons (Fsp3) is 0.379. The Morgan fingerprint density at radius 1 is 0.947 bits per heavy atom. The Morgan fingerprint density at radius 2 is 1.61 bits per heavy atom. The molecule has 3 heterocycles. The lowest BCUT2D eigenvalue weighted by atomic mass is 9.89. The lowest BCUT2D eigenvalue weighted by molar-refractivity contribution is -0.143. The van der Waals surface area contributed by atoms with Crippen LogP contribution >= 0.6 is 0 Å². The number of para-hydroxylation sites is 1. The van der Waals surface area contributed by atoms with E-state index in [1.165, 1.54) is 0 Å². The van der Waals surface area contributed by atoms with E-state index in [0.29, 0.717) is 5.56 Å². The van der Waals surface area contributed by atoms with Gasteiger partial charge in [-0.3, -0.25) is 14.4 Å². The van der Waals surface area contributed by atoms with Crippen LogP contribution in [0.3, 0.4) is 0 Å². The minimum Gasteiger partial charge on any atom is -0.480 e. The van der Waals surface area contributed by atoms with E-state index in [-0.39, 0.29) is 24.2 Å². The standard InChI is InChI=1S/C29H32N4O5/c1-14(2)22(27(35)32-23(15(3)4)29(37)38)31-26(34)21-13-19-16-9-7-8-12-20(16)30-24(19)25-17-10-5-6-11-18(17)28(36)33(21)25/h5-12,14-15,21-23,25,30H,13H2,1-4H3,(H,31,34)(H,32,35)(H,37,38)/t21-,22-,23-,25+/m0/s1. The molecule has 0 unspecified atom stereocenters. The van der Waals surface area contributed by atoms with Crippen molar-refractivity contribution in [2.75, 3.05) is 0 Å². The molecule has 9 nitrogen and oxygen atoms in total. The molecule has 1 aromatic heterocycles. The number of nitrogens with zero attached hydrogens (tertiary/aromatic N) is 1. The quantitative estimate of drug-likeness (QED) is 0.383. The number of carboxylic acid groups (broad SMARTS) is 1. The number of rotatable bonds is 7. The van der Waals surface area contributed by atoms with Crippen molar-refractivity contribution in [2.45, 2.75) is 58.3 Å². The maximum absolute atomic E-state index is 13.9. The summed E-state index contributed by atoms with van der Waals surface area (Å²) < 4.78 is 0. The van der Waals surface area contributed by atoms with E-state index >= 15 is 0 Å². The molecule has 0 saturated heterocycles. The Bertz CT molecular complexity index is 1440. The van der Waals surface area contributed by atoms with Gasteiger partial charge in [0, 0.05) is 28.6 Å². The second-order valence-electron chi connectivity index (χ2n) is 10.8. The number of fused-ring (bicyclic) bond motifs is 7. The molecule has 0 fully saturated rings. The predicted octanol–water partition coefficient (Wildman–Crippen LogP) is 3.00. The van der Waals surface area contributed by atoms with Gasteiger partial charge < -0.3 is 25.6 Å². The number of aliphatic carboxylic acids is 1. The Labute approximate surface area is 220 Å². The van der Waals surface area contributed by atoms with Crippen molar-refractivity contribution in [1.29, 1.82) is 0 Å². The van der Waals surface area contributed by atoms with Gasteiger partial charge in [0.25, 0.3) is 5.91 Å². The number of carboxylic acids is 1. The van der Waals surface area contributed by atoms with Crippen molar-refractivity contribution in [1.82, 2.24) is 20.5 Å². The molecule has 2 aliphatic rings. The van der Waals surface area contributed by atoms with Gasteiger partial charge in [0.2, 0.25) is 11.8 Å². The molecule has 2 aliphatic heterocycles. The maximum atomic E-state index is 13.9. The summed E-state index contributed by atoms with van der Waals surface area (Å²) in [5.74, 6) is -3.02. The monoisotopic (exact) mass is 516 g/mol. The number of aromatic nitrogens is 1. The fourth-order valence-corrected chi connectivity index (χ4v) is 5.68. The van der Waals surface area contributed by atoms with E-state index in [0.717, 1.165) is 27.7 Å². The topological polar surface area (TPSA) is 132 Å². The number of hydrogen-bond acceptors (Lipinski definition) is 4. The number of amides is 3. The van der Waals surface area contributed by atoms with Gasteiger partial charge >= 0.3 is 5.97 Å². The van der Waals surface area contributed by atoms with E-state index in [2.05, 4.69) is 15.6 Å². The minimum absolute atomic E-state index is 0.230. The lowest BCUT2D eigenvalue weighted by Crippen LogP contribution is -2.59. The first-order valence-electron chi connectivity index (χ1n) is 12.9. The molecular formula is C29H32N4O5. The Balaban J connectivity index is 1.50. The summed E-state index contributed by atoms with van der Waals surface area (Å²) in [7, 11) is 0. The van der Waals surface area contributed by atoms with Crippen LogP contribution in [0.5, 0.6) is 0 Å². The second kappa shape index (κ2) is 9.63. The van der Waals surface area contributed by atoms with E-state index in [4.69, 9.17) is 0 Å². The van der Waals surface area contributed by atoms with E-state index in [9.17, 15) is 24.3 Å². The summed E-state index contributed by atoms with van der Waals surface area (Å²) in [5.41, 5.74) is 4.20. The summed E-state index contributed by atoms with van der Waals surface area (Å²) in [6.07, 6.45) is 0.289. The number of nitrogens with one attached hydrogen (secondary N) is 3. The van der Waals surface area contributed by atoms with Gasteiger partial charge in [-0.2, -0.15) is 0 Å². The molecule has 0 saturated carbocycles. The van der Waals surface area contributed by atoms with Gasteiger partial charge in [-0.25, -0.2) is 4.79 Å². The highest BCUT2D eigenvalue weighted by atomic mass is 16.4. The van der Waals surface area contributed by atoms with Crippen molar-refractivity contribution in [3.05, 3.63) is 70.9 Å². The smallest absolute Gasteiger partial charge is 0.326 e. The average molecular weight is 517 g/mol. The third-order valence-corrected chi connectivity index (χ3v) is 7.63. The lowest BCUT2D eigenvalue weighted by Gasteiger charge is -2.38. The molecule has 4 N–H and O–H groups in total. The van der Waals surface area contributed by atoms with Gasteiger partial charge in [-0.15, -0.1) is 0 Å². The van der Waals surface area contributed by atoms with Crippen molar-refractivity contribution >= 4 is 34.6 Å². The van der Waals surface area contributed by atoms with E-state index in [1.807, 2.05) is 42.5 Å². The first kappa shape index (κ1) is 25.5. The van der Waals surface area contributed by atoms with Crippen molar-refractivity contribution in [3.63, 3.8) is 0 Å². The molecule has 38 heavy (non-hydrogen) atoms. The van der Waals surface area contributed by atoms with Crippen LogP contribution in [0.4, 0.5) is 0 Å². The second-order valence-corrected chi connectivity index (χ2v) is 10.8. The number of hydrogen-bond donors (Lipinski definition) is 4.